The highest BCUT2D eigenvalue weighted by Gasteiger charge is 2.20. The number of aliphatic hydroxyl groups excluding tert-OH is 2. The third-order valence-electron chi connectivity index (χ3n) is 5.12. The van der Waals surface area contributed by atoms with Crippen LogP contribution in [-0.2, 0) is 11.2 Å². The van der Waals surface area contributed by atoms with Crippen LogP contribution < -0.4 is 15.4 Å². The van der Waals surface area contributed by atoms with E-state index in [4.69, 9.17) is 37.8 Å². The molecule has 0 fully saturated rings. The van der Waals surface area contributed by atoms with E-state index >= 15 is 0 Å². The van der Waals surface area contributed by atoms with Gasteiger partial charge in [0, 0.05) is 19.4 Å². The Morgan fingerprint density at radius 1 is 1.17 bits per heavy atom. The number of anilines is 2. The predicted molar refractivity (Wildman–Crippen MR) is 136 cm³/mol. The molecule has 1 heterocycles. The van der Waals surface area contributed by atoms with Crippen molar-refractivity contribution in [2.45, 2.75) is 25.9 Å². The minimum atomic E-state index is -1.05. The molecule has 188 valence electrons. The number of halogens is 2. The molecule has 11 heteroatoms. The van der Waals surface area contributed by atoms with Crippen LogP contribution in [0.1, 0.15) is 17.5 Å². The van der Waals surface area contributed by atoms with Gasteiger partial charge in [-0.15, -0.1) is 5.10 Å². The number of carbonyl (C=O) groups is 1. The van der Waals surface area contributed by atoms with Crippen molar-refractivity contribution in [3.05, 3.63) is 63.6 Å². The van der Waals surface area contributed by atoms with Crippen LogP contribution in [-0.4, -0.2) is 59.1 Å². The number of hydrogen-bond donors (Lipinski definition) is 4. The lowest BCUT2D eigenvalue weighted by atomic mass is 10.1. The Morgan fingerprint density at radius 2 is 1.89 bits per heavy atom. The summed E-state index contributed by atoms with van der Waals surface area (Å²) in [6.45, 7) is 1.71. The number of nitrogens with one attached hydrogen (secondary N) is 2. The maximum Gasteiger partial charge on any atom is 0.324 e. The van der Waals surface area contributed by atoms with E-state index in [0.29, 0.717) is 45.8 Å². The number of ether oxygens (including phenoxy) is 2. The molecule has 2 amide bonds. The first-order chi connectivity index (χ1) is 16.8. The second kappa shape index (κ2) is 12.8. The summed E-state index contributed by atoms with van der Waals surface area (Å²) in [4.78, 5) is 13.0. The SMILES string of the molecule is COCCCc1cc(Cl)c(Cl)cc1NC(=O)Nc1c(C)c(OCC(O)CO)nn1-c1ccccc1. The molecule has 0 aliphatic carbocycles. The summed E-state index contributed by atoms with van der Waals surface area (Å²) in [5, 5.41) is 29.5. The van der Waals surface area contributed by atoms with Crippen molar-refractivity contribution in [1.29, 1.82) is 0 Å². The quantitative estimate of drug-likeness (QED) is 0.276. The number of aliphatic hydroxyl groups is 2. The van der Waals surface area contributed by atoms with Crippen molar-refractivity contribution >= 4 is 40.7 Å². The number of hydrogen-bond acceptors (Lipinski definition) is 6. The van der Waals surface area contributed by atoms with E-state index in [9.17, 15) is 9.90 Å². The van der Waals surface area contributed by atoms with Crippen molar-refractivity contribution in [2.75, 3.05) is 37.6 Å². The molecule has 1 unspecified atom stereocenters. The predicted octanol–water partition coefficient (Wildman–Crippen LogP) is 4.44. The van der Waals surface area contributed by atoms with Gasteiger partial charge in [-0.1, -0.05) is 41.4 Å². The van der Waals surface area contributed by atoms with Crippen LogP contribution in [0.2, 0.25) is 10.0 Å². The van der Waals surface area contributed by atoms with Gasteiger partial charge < -0.3 is 25.0 Å². The van der Waals surface area contributed by atoms with E-state index in [-0.39, 0.29) is 12.5 Å². The third-order valence-corrected chi connectivity index (χ3v) is 5.85. The lowest BCUT2D eigenvalue weighted by Crippen LogP contribution is -2.22. The van der Waals surface area contributed by atoms with Crippen LogP contribution in [0.4, 0.5) is 16.3 Å². The Labute approximate surface area is 213 Å². The fraction of sp³-hybridized carbons (Fsp3) is 0.333. The van der Waals surface area contributed by atoms with Gasteiger partial charge in [-0.25, -0.2) is 9.48 Å². The average molecular weight is 523 g/mol. The average Bonchev–Trinajstić information content (AvgIpc) is 3.16. The number of rotatable bonds is 11. The normalized spacial score (nSPS) is 11.8. The summed E-state index contributed by atoms with van der Waals surface area (Å²) >= 11 is 12.4. The van der Waals surface area contributed by atoms with Gasteiger partial charge in [0.25, 0.3) is 0 Å². The molecule has 1 aromatic heterocycles. The van der Waals surface area contributed by atoms with Gasteiger partial charge in [0.1, 0.15) is 18.5 Å². The smallest absolute Gasteiger partial charge is 0.324 e. The highest BCUT2D eigenvalue weighted by molar-refractivity contribution is 6.42. The fourth-order valence-corrected chi connectivity index (χ4v) is 3.67. The number of carbonyl (C=O) groups excluding carboxylic acids is 1. The number of amides is 2. The van der Waals surface area contributed by atoms with Crippen LogP contribution in [0.3, 0.4) is 0 Å². The number of aromatic nitrogens is 2. The van der Waals surface area contributed by atoms with Crippen molar-refractivity contribution in [1.82, 2.24) is 9.78 Å². The minimum absolute atomic E-state index is 0.150. The molecule has 4 N–H and O–H groups in total. The van der Waals surface area contributed by atoms with Crippen LogP contribution in [0.15, 0.2) is 42.5 Å². The zero-order valence-electron chi connectivity index (χ0n) is 19.4. The van der Waals surface area contributed by atoms with E-state index in [1.54, 1.807) is 26.2 Å². The molecule has 2 aromatic carbocycles. The van der Waals surface area contributed by atoms with Crippen LogP contribution >= 0.6 is 23.2 Å². The lowest BCUT2D eigenvalue weighted by molar-refractivity contribution is 0.0518. The van der Waals surface area contributed by atoms with Gasteiger partial charge in [-0.05, 0) is 49.6 Å². The zero-order valence-corrected chi connectivity index (χ0v) is 20.9. The van der Waals surface area contributed by atoms with Gasteiger partial charge in [0.05, 0.1) is 27.9 Å². The summed E-state index contributed by atoms with van der Waals surface area (Å²) in [6.07, 6.45) is 0.319. The first kappa shape index (κ1) is 26.8. The summed E-state index contributed by atoms with van der Waals surface area (Å²) in [6, 6.07) is 12.0. The topological polar surface area (TPSA) is 118 Å². The lowest BCUT2D eigenvalue weighted by Gasteiger charge is -2.15. The summed E-state index contributed by atoms with van der Waals surface area (Å²) in [5.74, 6) is 0.592. The Balaban J connectivity index is 1.87. The molecule has 1 atom stereocenters. The second-order valence-corrected chi connectivity index (χ2v) is 8.59. The highest BCUT2D eigenvalue weighted by Crippen LogP contribution is 2.31. The molecule has 0 bridgehead atoms. The first-order valence-corrected chi connectivity index (χ1v) is 11.7. The highest BCUT2D eigenvalue weighted by atomic mass is 35.5. The largest absolute Gasteiger partial charge is 0.474 e. The van der Waals surface area contributed by atoms with Gasteiger partial charge >= 0.3 is 6.03 Å². The van der Waals surface area contributed by atoms with Crippen molar-refractivity contribution in [3.63, 3.8) is 0 Å². The first-order valence-electron chi connectivity index (χ1n) is 11.0. The molecule has 0 spiro atoms. The van der Waals surface area contributed by atoms with Crippen molar-refractivity contribution in [2.24, 2.45) is 0 Å². The van der Waals surface area contributed by atoms with E-state index in [2.05, 4.69) is 15.7 Å². The summed E-state index contributed by atoms with van der Waals surface area (Å²) in [5.41, 5.74) is 2.59. The molecular formula is C24H28Cl2N4O5. The molecule has 0 aliphatic rings. The summed E-state index contributed by atoms with van der Waals surface area (Å²) < 4.78 is 12.2. The third kappa shape index (κ3) is 7.09. The molecule has 0 saturated carbocycles. The number of methoxy groups -OCH3 is 1. The number of nitrogens with zero attached hydrogens (tertiary/aromatic N) is 2. The fourth-order valence-electron chi connectivity index (χ4n) is 3.32. The van der Waals surface area contributed by atoms with Crippen LogP contribution in [0, 0.1) is 6.92 Å². The maximum absolute atomic E-state index is 13.0. The van der Waals surface area contributed by atoms with E-state index in [1.807, 2.05) is 30.3 Å². The monoisotopic (exact) mass is 522 g/mol. The maximum atomic E-state index is 13.0. The number of benzene rings is 2. The molecule has 0 saturated heterocycles. The number of urea groups is 1. The van der Waals surface area contributed by atoms with Crippen LogP contribution in [0.5, 0.6) is 5.88 Å². The second-order valence-electron chi connectivity index (χ2n) is 7.77. The van der Waals surface area contributed by atoms with E-state index < -0.39 is 18.7 Å². The van der Waals surface area contributed by atoms with Crippen molar-refractivity contribution in [3.8, 4) is 11.6 Å². The Morgan fingerprint density at radius 3 is 2.57 bits per heavy atom. The Kier molecular flexibility index (Phi) is 9.76. The molecule has 3 aromatic rings. The van der Waals surface area contributed by atoms with Gasteiger partial charge in [0.15, 0.2) is 0 Å². The van der Waals surface area contributed by atoms with E-state index in [1.165, 1.54) is 4.68 Å². The Hall–Kier alpha value is -2.82. The molecular weight excluding hydrogens is 495 g/mol. The minimum Gasteiger partial charge on any atom is -0.474 e. The standard InChI is InChI=1S/C24H28Cl2N4O5/c1-15-22(30(17-8-4-3-5-9-17)29-23(15)35-14-18(32)13-31)28-24(33)27-21-12-20(26)19(25)11-16(21)7-6-10-34-2/h3-5,8-9,11-12,18,31-32H,6-7,10,13-14H2,1-2H3,(H2,27,28,33). The molecule has 0 radical (unpaired) electrons. The summed E-state index contributed by atoms with van der Waals surface area (Å²) in [7, 11) is 1.63. The van der Waals surface area contributed by atoms with Crippen molar-refractivity contribution < 1.29 is 24.5 Å². The molecule has 0 aliphatic heterocycles. The Bertz CT molecular complexity index is 1140. The molecule has 9 nitrogen and oxygen atoms in total. The molecule has 3 rings (SSSR count). The van der Waals surface area contributed by atoms with Crippen LogP contribution in [0.25, 0.3) is 5.69 Å². The van der Waals surface area contributed by atoms with E-state index in [0.717, 1.165) is 12.0 Å². The number of para-hydroxylation sites is 1. The zero-order chi connectivity index (χ0) is 25.4. The van der Waals surface area contributed by atoms with Gasteiger partial charge in [0.2, 0.25) is 5.88 Å². The number of aryl methyl sites for hydroxylation is 1. The van der Waals surface area contributed by atoms with Gasteiger partial charge in [-0.3, -0.25) is 5.32 Å². The molecule has 35 heavy (non-hydrogen) atoms. The van der Waals surface area contributed by atoms with Gasteiger partial charge in [-0.2, -0.15) is 0 Å².